The van der Waals surface area contributed by atoms with Gasteiger partial charge in [-0.15, -0.1) is 0 Å². The fourth-order valence-corrected chi connectivity index (χ4v) is 4.09. The summed E-state index contributed by atoms with van der Waals surface area (Å²) >= 11 is 6.56. The van der Waals surface area contributed by atoms with Crippen molar-refractivity contribution in [3.05, 3.63) is 63.4 Å². The van der Waals surface area contributed by atoms with E-state index in [4.69, 9.17) is 11.6 Å². The molecular formula is C23H27ClFNO. The van der Waals surface area contributed by atoms with Crippen molar-refractivity contribution in [1.82, 2.24) is 0 Å². The number of hydrogen-bond donors (Lipinski definition) is 0. The van der Waals surface area contributed by atoms with Crippen molar-refractivity contribution >= 4 is 23.1 Å². The van der Waals surface area contributed by atoms with Gasteiger partial charge in [0.05, 0.1) is 0 Å². The number of halogens is 2. The summed E-state index contributed by atoms with van der Waals surface area (Å²) in [6.07, 6.45) is 1.80. The number of aryl methyl sites for hydroxylation is 1. The van der Waals surface area contributed by atoms with E-state index in [0.29, 0.717) is 24.4 Å². The molecule has 0 aromatic heterocycles. The first-order valence-electron chi connectivity index (χ1n) is 9.45. The van der Waals surface area contributed by atoms with Crippen molar-refractivity contribution in [2.75, 3.05) is 11.4 Å². The zero-order valence-electron chi connectivity index (χ0n) is 16.5. The van der Waals surface area contributed by atoms with Crippen LogP contribution in [0.1, 0.15) is 49.4 Å². The fraction of sp³-hybridized carbons (Fsp3) is 0.435. The molecule has 0 saturated carbocycles. The Bertz CT molecular complexity index is 846. The van der Waals surface area contributed by atoms with Gasteiger partial charge in [-0.2, -0.15) is 0 Å². The van der Waals surface area contributed by atoms with Crippen LogP contribution in [0.15, 0.2) is 30.3 Å². The van der Waals surface area contributed by atoms with Crippen molar-refractivity contribution in [1.29, 1.82) is 0 Å². The molecule has 4 heteroatoms. The molecule has 2 aromatic carbocycles. The van der Waals surface area contributed by atoms with Crippen molar-refractivity contribution in [3.8, 4) is 0 Å². The summed E-state index contributed by atoms with van der Waals surface area (Å²) in [5.41, 5.74) is 5.19. The summed E-state index contributed by atoms with van der Waals surface area (Å²) in [5.74, 6) is 0.0140. The normalized spacial score (nSPS) is 14.2. The molecule has 0 spiro atoms. The number of fused-ring (bicyclic) bond motifs is 1. The lowest BCUT2D eigenvalue weighted by Crippen LogP contribution is -2.30. The maximum Gasteiger partial charge on any atom is 0.137 e. The van der Waals surface area contributed by atoms with Crippen LogP contribution in [-0.4, -0.2) is 12.3 Å². The van der Waals surface area contributed by atoms with Crippen LogP contribution < -0.4 is 4.90 Å². The molecule has 0 aliphatic carbocycles. The lowest BCUT2D eigenvalue weighted by molar-refractivity contribution is -0.120. The number of anilines is 1. The van der Waals surface area contributed by atoms with Crippen LogP contribution in [0.4, 0.5) is 10.1 Å². The summed E-state index contributed by atoms with van der Waals surface area (Å²) in [5, 5.41) is 0.636. The van der Waals surface area contributed by atoms with E-state index < -0.39 is 0 Å². The highest BCUT2D eigenvalue weighted by Crippen LogP contribution is 2.32. The predicted octanol–water partition coefficient (Wildman–Crippen LogP) is 5.90. The number of ketones is 1. The average molecular weight is 388 g/mol. The van der Waals surface area contributed by atoms with Gasteiger partial charge in [-0.05, 0) is 65.3 Å². The molecule has 0 fully saturated rings. The molecule has 27 heavy (non-hydrogen) atoms. The molecule has 2 aromatic rings. The number of benzene rings is 2. The predicted molar refractivity (Wildman–Crippen MR) is 110 cm³/mol. The molecule has 0 saturated heterocycles. The Hall–Kier alpha value is -1.87. The highest BCUT2D eigenvalue weighted by atomic mass is 35.5. The molecule has 2 nitrogen and oxygen atoms in total. The smallest absolute Gasteiger partial charge is 0.137 e. The number of hydrogen-bond acceptors (Lipinski definition) is 2. The summed E-state index contributed by atoms with van der Waals surface area (Å²) < 4.78 is 13.6. The topological polar surface area (TPSA) is 20.3 Å². The van der Waals surface area contributed by atoms with Gasteiger partial charge in [-0.3, -0.25) is 4.79 Å². The standard InChI is InChI=1S/C23H27ClFNO/c1-15-9-19(11-22(24)21(15)12-20(27)13-23(2,3)4)26-8-7-16-5-6-18(25)10-17(16)14-26/h5-6,9-11H,7-8,12-14H2,1-4H3. The van der Waals surface area contributed by atoms with Gasteiger partial charge in [-0.25, -0.2) is 4.39 Å². The van der Waals surface area contributed by atoms with Gasteiger partial charge in [0.25, 0.3) is 0 Å². The van der Waals surface area contributed by atoms with Crippen LogP contribution in [-0.2, 0) is 24.2 Å². The van der Waals surface area contributed by atoms with E-state index in [1.807, 2.05) is 19.1 Å². The Kier molecular flexibility index (Phi) is 5.62. The third kappa shape index (κ3) is 4.90. The molecule has 0 N–H and O–H groups in total. The average Bonchev–Trinajstić information content (AvgIpc) is 2.55. The quantitative estimate of drug-likeness (QED) is 0.651. The number of nitrogens with zero attached hydrogens (tertiary/aromatic N) is 1. The summed E-state index contributed by atoms with van der Waals surface area (Å²) in [4.78, 5) is 14.6. The lowest BCUT2D eigenvalue weighted by atomic mass is 9.87. The van der Waals surface area contributed by atoms with E-state index in [2.05, 4.69) is 31.7 Å². The van der Waals surface area contributed by atoms with Crippen LogP contribution in [0.2, 0.25) is 5.02 Å². The SMILES string of the molecule is Cc1cc(N2CCc3ccc(F)cc3C2)cc(Cl)c1CC(=O)CC(C)(C)C. The zero-order valence-corrected chi connectivity index (χ0v) is 17.3. The maximum absolute atomic E-state index is 13.6. The van der Waals surface area contributed by atoms with Gasteiger partial charge < -0.3 is 4.90 Å². The number of carbonyl (C=O) groups excluding carboxylic acids is 1. The van der Waals surface area contributed by atoms with Gasteiger partial charge >= 0.3 is 0 Å². The Labute approximate surface area is 166 Å². The minimum Gasteiger partial charge on any atom is -0.367 e. The molecule has 0 unspecified atom stereocenters. The molecule has 0 amide bonds. The van der Waals surface area contributed by atoms with Crippen molar-refractivity contribution < 1.29 is 9.18 Å². The Morgan fingerprint density at radius 3 is 2.59 bits per heavy atom. The maximum atomic E-state index is 13.6. The molecule has 0 radical (unpaired) electrons. The molecule has 0 bridgehead atoms. The zero-order chi connectivity index (χ0) is 19.8. The van der Waals surface area contributed by atoms with Crippen molar-refractivity contribution in [2.24, 2.45) is 5.41 Å². The van der Waals surface area contributed by atoms with E-state index in [-0.39, 0.29) is 17.0 Å². The summed E-state index contributed by atoms with van der Waals surface area (Å²) in [6.45, 7) is 9.76. The van der Waals surface area contributed by atoms with Gasteiger partial charge in [-0.1, -0.05) is 38.4 Å². The third-order valence-corrected chi connectivity index (χ3v) is 5.39. The van der Waals surface area contributed by atoms with Crippen LogP contribution in [0, 0.1) is 18.2 Å². The largest absolute Gasteiger partial charge is 0.367 e. The minimum atomic E-state index is -0.197. The number of Topliss-reactive ketones (excluding diaryl/α,β-unsaturated/α-hetero) is 1. The van der Waals surface area contributed by atoms with Gasteiger partial charge in [0.1, 0.15) is 11.6 Å². The van der Waals surface area contributed by atoms with E-state index in [1.54, 1.807) is 6.07 Å². The van der Waals surface area contributed by atoms with E-state index in [9.17, 15) is 9.18 Å². The van der Waals surface area contributed by atoms with E-state index in [1.165, 1.54) is 11.6 Å². The molecule has 1 aliphatic heterocycles. The van der Waals surface area contributed by atoms with Crippen LogP contribution >= 0.6 is 11.6 Å². The monoisotopic (exact) mass is 387 g/mol. The highest BCUT2D eigenvalue weighted by molar-refractivity contribution is 6.32. The lowest BCUT2D eigenvalue weighted by Gasteiger charge is -2.31. The van der Waals surface area contributed by atoms with Gasteiger partial charge in [0.15, 0.2) is 0 Å². The molecule has 144 valence electrons. The van der Waals surface area contributed by atoms with Crippen LogP contribution in [0.25, 0.3) is 0 Å². The first kappa shape index (κ1) is 19.9. The second-order valence-electron chi connectivity index (χ2n) is 8.76. The molecular weight excluding hydrogens is 361 g/mol. The summed E-state index contributed by atoms with van der Waals surface area (Å²) in [6, 6.07) is 9.06. The number of carbonyl (C=O) groups is 1. The van der Waals surface area contributed by atoms with Crippen LogP contribution in [0.5, 0.6) is 0 Å². The summed E-state index contributed by atoms with van der Waals surface area (Å²) in [7, 11) is 0. The van der Waals surface area contributed by atoms with Crippen LogP contribution in [0.3, 0.4) is 0 Å². The molecule has 1 heterocycles. The Morgan fingerprint density at radius 2 is 1.93 bits per heavy atom. The van der Waals surface area contributed by atoms with Gasteiger partial charge in [0, 0.05) is 36.6 Å². The molecule has 1 aliphatic rings. The minimum absolute atomic E-state index is 0.0200. The Morgan fingerprint density at radius 1 is 1.19 bits per heavy atom. The van der Waals surface area contributed by atoms with Crippen molar-refractivity contribution in [3.63, 3.8) is 0 Å². The second kappa shape index (κ2) is 7.63. The van der Waals surface area contributed by atoms with Crippen molar-refractivity contribution in [2.45, 2.75) is 53.5 Å². The first-order valence-corrected chi connectivity index (χ1v) is 9.83. The first-order chi connectivity index (χ1) is 12.6. The molecule has 0 atom stereocenters. The third-order valence-electron chi connectivity index (χ3n) is 5.05. The number of rotatable bonds is 4. The highest BCUT2D eigenvalue weighted by Gasteiger charge is 2.21. The Balaban J connectivity index is 1.80. The van der Waals surface area contributed by atoms with E-state index >= 15 is 0 Å². The van der Waals surface area contributed by atoms with E-state index in [0.717, 1.165) is 35.3 Å². The fourth-order valence-electron chi connectivity index (χ4n) is 3.76. The molecule has 3 rings (SSSR count). The second-order valence-corrected chi connectivity index (χ2v) is 9.17. The van der Waals surface area contributed by atoms with Gasteiger partial charge in [0.2, 0.25) is 0 Å².